The predicted molar refractivity (Wildman–Crippen MR) is 55.0 cm³/mol. The number of hydrogen-bond acceptors (Lipinski definition) is 2. The quantitative estimate of drug-likeness (QED) is 0.766. The summed E-state index contributed by atoms with van der Waals surface area (Å²) in [5, 5.41) is 5.27. The van der Waals surface area contributed by atoms with Gasteiger partial charge in [-0.05, 0) is 28.1 Å². The van der Waals surface area contributed by atoms with Crippen LogP contribution in [0.25, 0.3) is 10.9 Å². The van der Waals surface area contributed by atoms with Gasteiger partial charge in [0, 0.05) is 12.4 Å². The number of fused-ring (bicyclic) bond motifs is 1. The monoisotopic (exact) mass is 240 g/mol. The van der Waals surface area contributed by atoms with E-state index in [0.717, 1.165) is 21.1 Å². The zero-order chi connectivity index (χ0) is 9.42. The second-order valence-electron chi connectivity index (χ2n) is 2.79. The van der Waals surface area contributed by atoms with Gasteiger partial charge < -0.3 is 4.74 Å². The van der Waals surface area contributed by atoms with E-state index in [9.17, 15) is 0 Å². The van der Waals surface area contributed by atoms with Gasteiger partial charge in [-0.2, -0.15) is 5.10 Å². The van der Waals surface area contributed by atoms with Crippen molar-refractivity contribution in [1.82, 2.24) is 9.78 Å². The lowest BCUT2D eigenvalue weighted by atomic mass is 10.2. The fourth-order valence-corrected chi connectivity index (χ4v) is 2.14. The van der Waals surface area contributed by atoms with Crippen LogP contribution in [0.4, 0.5) is 0 Å². The third-order valence-corrected chi connectivity index (χ3v) is 2.79. The molecule has 0 aliphatic heterocycles. The highest BCUT2D eigenvalue weighted by Gasteiger charge is 2.08. The lowest BCUT2D eigenvalue weighted by molar-refractivity contribution is 0.412. The summed E-state index contributed by atoms with van der Waals surface area (Å²) in [4.78, 5) is 0. The Bertz CT molecular complexity index is 450. The number of methoxy groups -OCH3 is 1. The van der Waals surface area contributed by atoms with E-state index in [2.05, 4.69) is 21.0 Å². The first kappa shape index (κ1) is 8.56. The number of hydrogen-bond donors (Lipinski definition) is 0. The second-order valence-corrected chi connectivity index (χ2v) is 3.58. The van der Waals surface area contributed by atoms with Gasteiger partial charge >= 0.3 is 0 Å². The fourth-order valence-electron chi connectivity index (χ4n) is 1.36. The van der Waals surface area contributed by atoms with Gasteiger partial charge in [0.05, 0.1) is 23.3 Å². The molecule has 1 aromatic carbocycles. The standard InChI is InChI=1S/C9H9BrN2O/c1-12-9-6(5-11-12)3-4-7(13-2)8(9)10/h3-5H,1-2H3. The average Bonchev–Trinajstić information content (AvgIpc) is 2.49. The second kappa shape index (κ2) is 3.03. The van der Waals surface area contributed by atoms with Crippen molar-refractivity contribution < 1.29 is 4.74 Å². The summed E-state index contributed by atoms with van der Waals surface area (Å²) in [5.41, 5.74) is 1.05. The average molecular weight is 241 g/mol. The number of benzene rings is 1. The van der Waals surface area contributed by atoms with E-state index in [-0.39, 0.29) is 0 Å². The van der Waals surface area contributed by atoms with E-state index in [1.807, 2.05) is 30.1 Å². The van der Waals surface area contributed by atoms with Crippen LogP contribution in [-0.4, -0.2) is 16.9 Å². The lowest BCUT2D eigenvalue weighted by Gasteiger charge is -2.04. The highest BCUT2D eigenvalue weighted by atomic mass is 79.9. The van der Waals surface area contributed by atoms with Gasteiger partial charge in [0.1, 0.15) is 5.75 Å². The number of aromatic nitrogens is 2. The molecule has 0 unspecified atom stereocenters. The van der Waals surface area contributed by atoms with E-state index in [1.54, 1.807) is 7.11 Å². The molecule has 0 saturated carbocycles. The van der Waals surface area contributed by atoms with Gasteiger partial charge in [-0.1, -0.05) is 0 Å². The summed E-state index contributed by atoms with van der Waals surface area (Å²) in [6, 6.07) is 3.92. The van der Waals surface area contributed by atoms with Gasteiger partial charge in [0.15, 0.2) is 0 Å². The largest absolute Gasteiger partial charge is 0.495 e. The molecule has 0 spiro atoms. The molecule has 4 heteroatoms. The summed E-state index contributed by atoms with van der Waals surface area (Å²) in [5.74, 6) is 0.830. The summed E-state index contributed by atoms with van der Waals surface area (Å²) in [7, 11) is 3.56. The smallest absolute Gasteiger partial charge is 0.135 e. The first-order chi connectivity index (χ1) is 6.24. The van der Waals surface area contributed by atoms with Crippen LogP contribution in [0.2, 0.25) is 0 Å². The molecule has 2 aromatic rings. The molecule has 1 aromatic heterocycles. The van der Waals surface area contributed by atoms with E-state index in [4.69, 9.17) is 4.74 Å². The predicted octanol–water partition coefficient (Wildman–Crippen LogP) is 2.34. The molecule has 0 amide bonds. The third-order valence-electron chi connectivity index (χ3n) is 2.03. The maximum Gasteiger partial charge on any atom is 0.135 e. The highest BCUT2D eigenvalue weighted by Crippen LogP contribution is 2.32. The molecular weight excluding hydrogens is 232 g/mol. The van der Waals surface area contributed by atoms with Crippen molar-refractivity contribution in [3.63, 3.8) is 0 Å². The van der Waals surface area contributed by atoms with Crippen LogP contribution in [-0.2, 0) is 7.05 Å². The molecular formula is C9H9BrN2O. The Hall–Kier alpha value is -1.03. The molecule has 0 aliphatic rings. The van der Waals surface area contributed by atoms with Gasteiger partial charge in [-0.25, -0.2) is 0 Å². The van der Waals surface area contributed by atoms with Crippen molar-refractivity contribution in [3.05, 3.63) is 22.8 Å². The van der Waals surface area contributed by atoms with Crippen molar-refractivity contribution in [2.45, 2.75) is 0 Å². The van der Waals surface area contributed by atoms with Crippen LogP contribution in [0.3, 0.4) is 0 Å². The normalized spacial score (nSPS) is 10.7. The van der Waals surface area contributed by atoms with Crippen LogP contribution < -0.4 is 4.74 Å². The summed E-state index contributed by atoms with van der Waals surface area (Å²) in [6.07, 6.45) is 1.83. The molecule has 1 heterocycles. The molecule has 0 atom stereocenters. The minimum atomic E-state index is 0.830. The van der Waals surface area contributed by atoms with Crippen molar-refractivity contribution in [3.8, 4) is 5.75 Å². The maximum absolute atomic E-state index is 5.19. The third kappa shape index (κ3) is 1.21. The van der Waals surface area contributed by atoms with E-state index in [1.165, 1.54) is 0 Å². The maximum atomic E-state index is 5.19. The molecule has 3 nitrogen and oxygen atoms in total. The topological polar surface area (TPSA) is 27.1 Å². The van der Waals surface area contributed by atoms with Crippen molar-refractivity contribution in [2.24, 2.45) is 7.05 Å². The minimum Gasteiger partial charge on any atom is -0.495 e. The number of rotatable bonds is 1. The summed E-state index contributed by atoms with van der Waals surface area (Å²) >= 11 is 3.49. The van der Waals surface area contributed by atoms with Gasteiger partial charge in [0.2, 0.25) is 0 Å². The van der Waals surface area contributed by atoms with E-state index < -0.39 is 0 Å². The van der Waals surface area contributed by atoms with Crippen LogP contribution in [0.15, 0.2) is 22.8 Å². The first-order valence-corrected chi connectivity index (χ1v) is 4.67. The SMILES string of the molecule is COc1ccc2cnn(C)c2c1Br. The molecule has 0 fully saturated rings. The Morgan fingerprint density at radius 1 is 1.46 bits per heavy atom. The number of halogens is 1. The molecule has 2 rings (SSSR count). The first-order valence-electron chi connectivity index (χ1n) is 3.88. The van der Waals surface area contributed by atoms with Gasteiger partial charge in [0.25, 0.3) is 0 Å². The zero-order valence-electron chi connectivity index (χ0n) is 7.41. The van der Waals surface area contributed by atoms with Gasteiger partial charge in [-0.15, -0.1) is 0 Å². The molecule has 0 aliphatic carbocycles. The van der Waals surface area contributed by atoms with E-state index in [0.29, 0.717) is 0 Å². The molecule has 0 bridgehead atoms. The summed E-state index contributed by atoms with van der Waals surface area (Å²) < 4.78 is 7.96. The van der Waals surface area contributed by atoms with Crippen molar-refractivity contribution in [2.75, 3.05) is 7.11 Å². The van der Waals surface area contributed by atoms with Crippen LogP contribution in [0, 0.1) is 0 Å². The zero-order valence-corrected chi connectivity index (χ0v) is 9.00. The van der Waals surface area contributed by atoms with Crippen molar-refractivity contribution in [1.29, 1.82) is 0 Å². The molecule has 0 N–H and O–H groups in total. The Kier molecular flexibility index (Phi) is 2.00. The molecule has 13 heavy (non-hydrogen) atoms. The number of aryl methyl sites for hydroxylation is 1. The Labute approximate surface area is 84.4 Å². The lowest BCUT2D eigenvalue weighted by Crippen LogP contribution is -1.91. The Balaban J connectivity index is 2.83. The fraction of sp³-hybridized carbons (Fsp3) is 0.222. The van der Waals surface area contributed by atoms with Crippen LogP contribution in [0.1, 0.15) is 0 Å². The molecule has 68 valence electrons. The highest BCUT2D eigenvalue weighted by molar-refractivity contribution is 9.10. The number of nitrogens with zero attached hydrogens (tertiary/aromatic N) is 2. The van der Waals surface area contributed by atoms with Crippen molar-refractivity contribution >= 4 is 26.8 Å². The van der Waals surface area contributed by atoms with Crippen LogP contribution >= 0.6 is 15.9 Å². The summed E-state index contributed by atoms with van der Waals surface area (Å²) in [6.45, 7) is 0. The minimum absolute atomic E-state index is 0.830. The Morgan fingerprint density at radius 3 is 2.92 bits per heavy atom. The Morgan fingerprint density at radius 2 is 2.23 bits per heavy atom. The molecule has 0 saturated heterocycles. The van der Waals surface area contributed by atoms with Crippen LogP contribution in [0.5, 0.6) is 5.75 Å². The number of ether oxygens (including phenoxy) is 1. The van der Waals surface area contributed by atoms with E-state index >= 15 is 0 Å². The molecule has 0 radical (unpaired) electrons. The van der Waals surface area contributed by atoms with Gasteiger partial charge in [-0.3, -0.25) is 4.68 Å².